The van der Waals surface area contributed by atoms with E-state index in [1.807, 2.05) is 62.4 Å². The van der Waals surface area contributed by atoms with Gasteiger partial charge < -0.3 is 0 Å². The second kappa shape index (κ2) is 5.17. The summed E-state index contributed by atoms with van der Waals surface area (Å²) in [5.41, 5.74) is 4.87. The van der Waals surface area contributed by atoms with Gasteiger partial charge in [-0.05, 0) is 48.2 Å². The van der Waals surface area contributed by atoms with Gasteiger partial charge in [-0.1, -0.05) is 54.6 Å². The number of aryl methyl sites for hydroxylation is 3. The van der Waals surface area contributed by atoms with Crippen molar-refractivity contribution >= 4 is 16.6 Å². The van der Waals surface area contributed by atoms with Gasteiger partial charge in [0.1, 0.15) is 0 Å². The number of hydrogen-bond donors (Lipinski definition) is 0. The third-order valence-electron chi connectivity index (χ3n) is 4.09. The average Bonchev–Trinajstić information content (AvgIpc) is 2.47. The zero-order chi connectivity index (χ0) is 15.0. The maximum atomic E-state index is 13.0. The Bertz CT molecular complexity index is 823. The first-order chi connectivity index (χ1) is 10.1. The zero-order valence-electron chi connectivity index (χ0n) is 12.6. The molecule has 0 unspecified atom stereocenters. The van der Waals surface area contributed by atoms with Crippen molar-refractivity contribution in [1.29, 1.82) is 0 Å². The summed E-state index contributed by atoms with van der Waals surface area (Å²) in [4.78, 5) is 13.0. The number of fused-ring (bicyclic) bond motifs is 1. The Labute approximate surface area is 125 Å². The van der Waals surface area contributed by atoms with Crippen molar-refractivity contribution in [2.75, 3.05) is 0 Å². The second-order valence-electron chi connectivity index (χ2n) is 5.57. The molecular formula is C20H18O. The van der Waals surface area contributed by atoms with E-state index in [0.717, 1.165) is 33.0 Å². The van der Waals surface area contributed by atoms with Crippen LogP contribution in [0.15, 0.2) is 54.6 Å². The Hall–Kier alpha value is -2.41. The Balaban J connectivity index is 2.26. The van der Waals surface area contributed by atoms with Crippen molar-refractivity contribution in [3.05, 3.63) is 82.4 Å². The summed E-state index contributed by atoms with van der Waals surface area (Å²) in [5, 5.41) is 2.18. The van der Waals surface area contributed by atoms with Gasteiger partial charge in [0.25, 0.3) is 0 Å². The number of carbonyl (C=O) groups excluding carboxylic acids is 1. The zero-order valence-corrected chi connectivity index (χ0v) is 12.6. The number of carbonyl (C=O) groups is 1. The van der Waals surface area contributed by atoms with E-state index >= 15 is 0 Å². The lowest BCUT2D eigenvalue weighted by molar-refractivity contribution is 0.103. The lowest BCUT2D eigenvalue weighted by atomic mass is 9.91. The smallest absolute Gasteiger partial charge is 0.194 e. The van der Waals surface area contributed by atoms with Crippen LogP contribution in [-0.2, 0) is 0 Å². The molecule has 0 aromatic heterocycles. The highest BCUT2D eigenvalue weighted by atomic mass is 16.1. The maximum Gasteiger partial charge on any atom is 0.194 e. The lowest BCUT2D eigenvalue weighted by Gasteiger charge is -2.12. The minimum absolute atomic E-state index is 0.113. The van der Waals surface area contributed by atoms with Crippen LogP contribution in [0, 0.1) is 20.8 Å². The van der Waals surface area contributed by atoms with Crippen LogP contribution in [0.2, 0.25) is 0 Å². The average molecular weight is 274 g/mol. The van der Waals surface area contributed by atoms with Gasteiger partial charge in [0, 0.05) is 11.1 Å². The molecule has 0 aliphatic heterocycles. The lowest BCUT2D eigenvalue weighted by Crippen LogP contribution is -2.07. The maximum absolute atomic E-state index is 13.0. The van der Waals surface area contributed by atoms with Gasteiger partial charge >= 0.3 is 0 Å². The summed E-state index contributed by atoms with van der Waals surface area (Å²) in [6, 6.07) is 18.1. The highest BCUT2D eigenvalue weighted by Gasteiger charge is 2.16. The molecule has 0 N–H and O–H groups in total. The van der Waals surface area contributed by atoms with Gasteiger partial charge in [-0.2, -0.15) is 0 Å². The fourth-order valence-electron chi connectivity index (χ4n) is 2.96. The molecule has 3 aromatic carbocycles. The van der Waals surface area contributed by atoms with Crippen LogP contribution in [0.5, 0.6) is 0 Å². The molecule has 0 amide bonds. The molecule has 0 atom stereocenters. The molecule has 0 fully saturated rings. The molecule has 104 valence electrons. The van der Waals surface area contributed by atoms with E-state index in [1.54, 1.807) is 0 Å². The van der Waals surface area contributed by atoms with E-state index in [2.05, 4.69) is 13.0 Å². The molecule has 0 heterocycles. The highest BCUT2D eigenvalue weighted by Crippen LogP contribution is 2.26. The fraction of sp³-hybridized carbons (Fsp3) is 0.150. The summed E-state index contributed by atoms with van der Waals surface area (Å²) in [7, 11) is 0. The molecule has 0 bridgehead atoms. The van der Waals surface area contributed by atoms with E-state index in [9.17, 15) is 4.79 Å². The van der Waals surface area contributed by atoms with Crippen LogP contribution < -0.4 is 0 Å². The van der Waals surface area contributed by atoms with Crippen LogP contribution in [-0.4, -0.2) is 5.78 Å². The monoisotopic (exact) mass is 274 g/mol. The van der Waals surface area contributed by atoms with Gasteiger partial charge in [-0.25, -0.2) is 0 Å². The van der Waals surface area contributed by atoms with Crippen LogP contribution in [0.3, 0.4) is 0 Å². The minimum Gasteiger partial charge on any atom is -0.289 e. The summed E-state index contributed by atoms with van der Waals surface area (Å²) >= 11 is 0. The van der Waals surface area contributed by atoms with Crippen molar-refractivity contribution in [3.8, 4) is 0 Å². The van der Waals surface area contributed by atoms with Gasteiger partial charge in [0.2, 0.25) is 0 Å². The van der Waals surface area contributed by atoms with Crippen LogP contribution in [0.25, 0.3) is 10.8 Å². The fourth-order valence-corrected chi connectivity index (χ4v) is 2.96. The van der Waals surface area contributed by atoms with Gasteiger partial charge in [-0.3, -0.25) is 4.79 Å². The molecule has 0 radical (unpaired) electrons. The molecular weight excluding hydrogens is 256 g/mol. The van der Waals surface area contributed by atoms with E-state index in [0.29, 0.717) is 0 Å². The molecule has 0 saturated carbocycles. The molecule has 0 saturated heterocycles. The number of hydrogen-bond acceptors (Lipinski definition) is 1. The van der Waals surface area contributed by atoms with Crippen molar-refractivity contribution in [2.24, 2.45) is 0 Å². The molecule has 1 nitrogen and oxygen atoms in total. The standard InChI is InChI=1S/C20H18O/c1-13-11-12-18(17-10-5-4-9-16(13)17)20(21)19-14(2)7-6-8-15(19)3/h4-12H,1-3H3. The number of rotatable bonds is 2. The van der Waals surface area contributed by atoms with Crippen molar-refractivity contribution in [1.82, 2.24) is 0 Å². The SMILES string of the molecule is Cc1cccc(C)c1C(=O)c1ccc(C)c2ccccc12. The summed E-state index contributed by atoms with van der Waals surface area (Å²) < 4.78 is 0. The Morgan fingerprint density at radius 2 is 1.29 bits per heavy atom. The second-order valence-corrected chi connectivity index (χ2v) is 5.57. The third kappa shape index (κ3) is 2.25. The quantitative estimate of drug-likeness (QED) is 0.601. The molecule has 1 heteroatoms. The predicted octanol–water partition coefficient (Wildman–Crippen LogP) is 5.00. The minimum atomic E-state index is 0.113. The summed E-state index contributed by atoms with van der Waals surface area (Å²) in [6.07, 6.45) is 0. The van der Waals surface area contributed by atoms with E-state index < -0.39 is 0 Å². The van der Waals surface area contributed by atoms with Crippen LogP contribution >= 0.6 is 0 Å². The molecule has 0 aliphatic rings. The van der Waals surface area contributed by atoms with Crippen molar-refractivity contribution in [3.63, 3.8) is 0 Å². The van der Waals surface area contributed by atoms with Gasteiger partial charge in [0.15, 0.2) is 5.78 Å². The number of ketones is 1. The number of benzene rings is 3. The first-order valence-electron chi connectivity index (χ1n) is 7.19. The summed E-state index contributed by atoms with van der Waals surface area (Å²) in [6.45, 7) is 6.07. The van der Waals surface area contributed by atoms with E-state index in [1.165, 1.54) is 5.56 Å². The molecule has 3 aromatic rings. The molecule has 3 rings (SSSR count). The van der Waals surface area contributed by atoms with Crippen molar-refractivity contribution < 1.29 is 4.79 Å². The largest absolute Gasteiger partial charge is 0.289 e. The molecule has 0 aliphatic carbocycles. The van der Waals surface area contributed by atoms with Crippen molar-refractivity contribution in [2.45, 2.75) is 20.8 Å². The topological polar surface area (TPSA) is 17.1 Å². The highest BCUT2D eigenvalue weighted by molar-refractivity contribution is 6.18. The Morgan fingerprint density at radius 1 is 0.667 bits per heavy atom. The third-order valence-corrected chi connectivity index (χ3v) is 4.09. The van der Waals surface area contributed by atoms with Crippen LogP contribution in [0.1, 0.15) is 32.6 Å². The Morgan fingerprint density at radius 3 is 1.95 bits per heavy atom. The van der Waals surface area contributed by atoms with E-state index in [4.69, 9.17) is 0 Å². The first kappa shape index (κ1) is 13.6. The molecule has 21 heavy (non-hydrogen) atoms. The first-order valence-corrected chi connectivity index (χ1v) is 7.19. The summed E-state index contributed by atoms with van der Waals surface area (Å²) in [5.74, 6) is 0.113. The van der Waals surface area contributed by atoms with Gasteiger partial charge in [-0.15, -0.1) is 0 Å². The van der Waals surface area contributed by atoms with Crippen LogP contribution in [0.4, 0.5) is 0 Å². The Kier molecular flexibility index (Phi) is 3.34. The predicted molar refractivity (Wildman–Crippen MR) is 88.0 cm³/mol. The normalized spacial score (nSPS) is 10.8. The molecule has 0 spiro atoms. The van der Waals surface area contributed by atoms with Gasteiger partial charge in [0.05, 0.1) is 0 Å². The van der Waals surface area contributed by atoms with E-state index in [-0.39, 0.29) is 5.78 Å².